The molecule has 0 aliphatic heterocycles. The van der Waals surface area contributed by atoms with Crippen LogP contribution in [0.2, 0.25) is 0 Å². The summed E-state index contributed by atoms with van der Waals surface area (Å²) in [5.74, 6) is -3.21. The lowest BCUT2D eigenvalue weighted by Gasteiger charge is -1.95. The topological polar surface area (TPSA) is 83.3 Å². The van der Waals surface area contributed by atoms with Crippen molar-refractivity contribution in [3.8, 4) is 0 Å². The van der Waals surface area contributed by atoms with E-state index in [1.54, 1.807) is 0 Å². The van der Waals surface area contributed by atoms with Crippen LogP contribution in [0.3, 0.4) is 0 Å². The van der Waals surface area contributed by atoms with Crippen LogP contribution in [0, 0.1) is 5.82 Å². The quantitative estimate of drug-likeness (QED) is 0.713. The third-order valence-electron chi connectivity index (χ3n) is 1.76. The summed E-state index contributed by atoms with van der Waals surface area (Å²) in [6.45, 7) is 0. The number of aromatic carboxylic acids is 1. The zero-order valence-corrected chi connectivity index (χ0v) is 6.70. The average molecular weight is 197 g/mol. The minimum Gasteiger partial charge on any atom is -0.478 e. The summed E-state index contributed by atoms with van der Waals surface area (Å²) >= 11 is 0. The van der Waals surface area contributed by atoms with Gasteiger partial charge in [0.15, 0.2) is 11.4 Å². The van der Waals surface area contributed by atoms with E-state index in [-0.39, 0.29) is 11.1 Å². The van der Waals surface area contributed by atoms with E-state index in [1.165, 1.54) is 6.07 Å². The zero-order chi connectivity index (χ0) is 10.3. The van der Waals surface area contributed by atoms with Gasteiger partial charge in [-0.3, -0.25) is 4.98 Å². The Balaban J connectivity index is 2.87. The first-order valence-corrected chi connectivity index (χ1v) is 3.64. The maximum Gasteiger partial charge on any atom is 0.417 e. The van der Waals surface area contributed by atoms with Crippen molar-refractivity contribution in [3.05, 3.63) is 34.1 Å². The molecule has 0 saturated heterocycles. The highest BCUT2D eigenvalue weighted by molar-refractivity contribution is 5.92. The first-order chi connectivity index (χ1) is 6.59. The fraction of sp³-hybridized carbons (Fsp3) is 0. The maximum absolute atomic E-state index is 13.3. The molecule has 5 nitrogen and oxygen atoms in total. The number of aromatic amines is 1. The van der Waals surface area contributed by atoms with Crippen LogP contribution in [0.25, 0.3) is 11.1 Å². The first-order valence-electron chi connectivity index (χ1n) is 3.64. The molecule has 1 heterocycles. The fourth-order valence-corrected chi connectivity index (χ4v) is 1.15. The molecule has 14 heavy (non-hydrogen) atoms. The minimum atomic E-state index is -1.40. The van der Waals surface area contributed by atoms with Crippen LogP contribution in [0.4, 0.5) is 4.39 Å². The van der Waals surface area contributed by atoms with Gasteiger partial charge in [0.2, 0.25) is 0 Å². The van der Waals surface area contributed by atoms with Crippen LogP contribution >= 0.6 is 0 Å². The minimum absolute atomic E-state index is 0.00231. The molecule has 0 aliphatic rings. The van der Waals surface area contributed by atoms with Crippen molar-refractivity contribution in [3.63, 3.8) is 0 Å². The molecule has 0 amide bonds. The molecular weight excluding hydrogens is 193 g/mol. The van der Waals surface area contributed by atoms with Crippen LogP contribution in [0.5, 0.6) is 0 Å². The van der Waals surface area contributed by atoms with Gasteiger partial charge in [0, 0.05) is 0 Å². The van der Waals surface area contributed by atoms with Crippen molar-refractivity contribution in [2.75, 3.05) is 0 Å². The van der Waals surface area contributed by atoms with E-state index in [2.05, 4.69) is 9.40 Å². The number of hydrogen-bond acceptors (Lipinski definition) is 3. The van der Waals surface area contributed by atoms with Crippen molar-refractivity contribution in [2.45, 2.75) is 0 Å². The summed E-state index contributed by atoms with van der Waals surface area (Å²) in [5.41, 5.74) is -0.734. The van der Waals surface area contributed by atoms with Gasteiger partial charge in [-0.2, -0.15) is 0 Å². The Kier molecular flexibility index (Phi) is 1.63. The number of carboxylic acid groups (broad SMARTS) is 1. The van der Waals surface area contributed by atoms with Gasteiger partial charge >= 0.3 is 11.7 Å². The molecule has 72 valence electrons. The molecule has 2 rings (SSSR count). The number of nitrogens with one attached hydrogen (secondary N) is 1. The van der Waals surface area contributed by atoms with Crippen molar-refractivity contribution in [1.29, 1.82) is 0 Å². The van der Waals surface area contributed by atoms with Gasteiger partial charge in [0.25, 0.3) is 0 Å². The Morgan fingerprint density at radius 2 is 2.21 bits per heavy atom. The van der Waals surface area contributed by atoms with Gasteiger partial charge < -0.3 is 9.52 Å². The van der Waals surface area contributed by atoms with E-state index in [0.29, 0.717) is 0 Å². The van der Waals surface area contributed by atoms with Crippen molar-refractivity contribution >= 4 is 17.1 Å². The summed E-state index contributed by atoms with van der Waals surface area (Å²) in [7, 11) is 0. The van der Waals surface area contributed by atoms with E-state index in [0.717, 1.165) is 6.07 Å². The summed E-state index contributed by atoms with van der Waals surface area (Å²) in [6, 6.07) is 2.26. The second-order valence-corrected chi connectivity index (χ2v) is 2.62. The number of aromatic nitrogens is 1. The summed E-state index contributed by atoms with van der Waals surface area (Å²) < 4.78 is 17.9. The van der Waals surface area contributed by atoms with Gasteiger partial charge in [0.05, 0.1) is 5.56 Å². The Morgan fingerprint density at radius 3 is 2.86 bits per heavy atom. The number of H-pyrrole nitrogens is 1. The number of carbonyl (C=O) groups is 1. The number of halogens is 1. The molecule has 1 aromatic heterocycles. The lowest BCUT2D eigenvalue weighted by Crippen LogP contribution is -2.01. The number of oxazole rings is 1. The van der Waals surface area contributed by atoms with E-state index in [4.69, 9.17) is 5.11 Å². The van der Waals surface area contributed by atoms with Crippen LogP contribution in [-0.2, 0) is 0 Å². The SMILES string of the molecule is O=C(O)c1ccc2oc(=O)[nH]c2c1F. The summed E-state index contributed by atoms with van der Waals surface area (Å²) in [6.07, 6.45) is 0. The highest BCUT2D eigenvalue weighted by atomic mass is 19.1. The Hall–Kier alpha value is -2.11. The monoisotopic (exact) mass is 197 g/mol. The van der Waals surface area contributed by atoms with Gasteiger partial charge in [-0.05, 0) is 12.1 Å². The lowest BCUT2D eigenvalue weighted by atomic mass is 10.2. The van der Waals surface area contributed by atoms with Crippen LogP contribution in [-0.4, -0.2) is 16.1 Å². The summed E-state index contributed by atoms with van der Waals surface area (Å²) in [5, 5.41) is 8.57. The molecule has 0 bridgehead atoms. The number of benzene rings is 1. The highest BCUT2D eigenvalue weighted by Crippen LogP contribution is 2.17. The molecule has 2 aromatic rings. The molecule has 0 aliphatic carbocycles. The maximum atomic E-state index is 13.3. The van der Waals surface area contributed by atoms with Gasteiger partial charge in [0.1, 0.15) is 5.52 Å². The molecule has 0 saturated carbocycles. The number of hydrogen-bond donors (Lipinski definition) is 2. The van der Waals surface area contributed by atoms with Crippen LogP contribution < -0.4 is 5.76 Å². The zero-order valence-electron chi connectivity index (χ0n) is 6.70. The van der Waals surface area contributed by atoms with E-state index in [9.17, 15) is 14.0 Å². The smallest absolute Gasteiger partial charge is 0.417 e. The molecule has 6 heteroatoms. The average Bonchev–Trinajstić information content (AvgIpc) is 2.46. The number of rotatable bonds is 1. The molecular formula is C8H4FNO4. The van der Waals surface area contributed by atoms with Gasteiger partial charge in [-0.25, -0.2) is 14.0 Å². The van der Waals surface area contributed by atoms with Gasteiger partial charge in [-0.15, -0.1) is 0 Å². The largest absolute Gasteiger partial charge is 0.478 e. The predicted molar refractivity (Wildman–Crippen MR) is 43.8 cm³/mol. The second kappa shape index (κ2) is 2.69. The standard InChI is InChI=1S/C8H4FNO4/c9-5-3(7(11)12)1-2-4-6(5)10-8(13)14-4/h1-2H,(H,10,13)(H,11,12). The van der Waals surface area contributed by atoms with Crippen LogP contribution in [0.15, 0.2) is 21.3 Å². The van der Waals surface area contributed by atoms with Crippen molar-refractivity contribution in [1.82, 2.24) is 4.98 Å². The van der Waals surface area contributed by atoms with Crippen molar-refractivity contribution in [2.24, 2.45) is 0 Å². The molecule has 1 aromatic carbocycles. The number of fused-ring (bicyclic) bond motifs is 1. The fourth-order valence-electron chi connectivity index (χ4n) is 1.15. The summed E-state index contributed by atoms with van der Waals surface area (Å²) in [4.78, 5) is 23.3. The molecule has 0 spiro atoms. The molecule has 2 N–H and O–H groups in total. The Morgan fingerprint density at radius 1 is 1.50 bits per heavy atom. The molecule has 0 radical (unpaired) electrons. The molecule has 0 atom stereocenters. The number of carboxylic acids is 1. The molecule has 0 unspecified atom stereocenters. The normalized spacial score (nSPS) is 10.6. The third-order valence-corrected chi connectivity index (χ3v) is 1.76. The lowest BCUT2D eigenvalue weighted by molar-refractivity contribution is 0.0692. The van der Waals surface area contributed by atoms with E-state index in [1.807, 2.05) is 0 Å². The third kappa shape index (κ3) is 1.08. The van der Waals surface area contributed by atoms with E-state index >= 15 is 0 Å². The first kappa shape index (κ1) is 8.49. The van der Waals surface area contributed by atoms with Crippen molar-refractivity contribution < 1.29 is 18.7 Å². The molecule has 0 fully saturated rings. The van der Waals surface area contributed by atoms with E-state index < -0.39 is 23.1 Å². The predicted octanol–water partition coefficient (Wildman–Crippen LogP) is 0.958. The Labute approximate surface area is 75.8 Å². The second-order valence-electron chi connectivity index (χ2n) is 2.62. The highest BCUT2D eigenvalue weighted by Gasteiger charge is 2.15. The Bertz CT molecular complexity index is 568. The van der Waals surface area contributed by atoms with Gasteiger partial charge in [-0.1, -0.05) is 0 Å². The van der Waals surface area contributed by atoms with Crippen LogP contribution in [0.1, 0.15) is 10.4 Å².